The van der Waals surface area contributed by atoms with Gasteiger partial charge in [0.25, 0.3) is 5.78 Å². The number of piperazine rings is 1. The first kappa shape index (κ1) is 13.9. The molecule has 1 aliphatic rings. The summed E-state index contributed by atoms with van der Waals surface area (Å²) in [6, 6.07) is 1.75. The number of ether oxygens (including phenoxy) is 1. The molecule has 0 saturated carbocycles. The molecule has 112 valence electrons. The minimum absolute atomic E-state index is 0.268. The molecule has 0 bridgehead atoms. The van der Waals surface area contributed by atoms with Crippen molar-refractivity contribution in [3.8, 4) is 0 Å². The van der Waals surface area contributed by atoms with E-state index in [1.165, 1.54) is 6.33 Å². The minimum atomic E-state index is -0.268. The van der Waals surface area contributed by atoms with Gasteiger partial charge in [0, 0.05) is 32.2 Å². The number of aromatic nitrogens is 4. The third-order valence-electron chi connectivity index (χ3n) is 3.33. The Kier molecular flexibility index (Phi) is 3.78. The first-order valence-electron chi connectivity index (χ1n) is 6.72. The Bertz CT molecular complexity index is 652. The predicted molar refractivity (Wildman–Crippen MR) is 76.6 cm³/mol. The Hall–Kier alpha value is -2.09. The number of rotatable bonds is 2. The van der Waals surface area contributed by atoms with Crippen molar-refractivity contribution >= 4 is 29.3 Å². The molecule has 1 aliphatic heterocycles. The zero-order valence-corrected chi connectivity index (χ0v) is 12.3. The SMILES string of the molecule is CCOC(=O)N1CCN(c2cc(Cl)nc3ncnn23)CC1. The molecule has 2 aromatic heterocycles. The van der Waals surface area contributed by atoms with E-state index < -0.39 is 0 Å². The second kappa shape index (κ2) is 5.72. The highest BCUT2D eigenvalue weighted by molar-refractivity contribution is 6.29. The van der Waals surface area contributed by atoms with E-state index in [9.17, 15) is 4.79 Å². The normalized spacial score (nSPS) is 15.5. The first-order chi connectivity index (χ1) is 10.2. The third-order valence-corrected chi connectivity index (χ3v) is 3.53. The zero-order chi connectivity index (χ0) is 14.8. The van der Waals surface area contributed by atoms with Gasteiger partial charge in [0.2, 0.25) is 0 Å². The number of carbonyl (C=O) groups excluding carboxylic acids is 1. The Balaban J connectivity index is 1.77. The summed E-state index contributed by atoms with van der Waals surface area (Å²) in [7, 11) is 0. The second-order valence-electron chi connectivity index (χ2n) is 4.58. The molecule has 0 atom stereocenters. The Morgan fingerprint density at radius 1 is 1.38 bits per heavy atom. The zero-order valence-electron chi connectivity index (χ0n) is 11.6. The van der Waals surface area contributed by atoms with E-state index in [1.54, 1.807) is 22.4 Å². The molecule has 9 heteroatoms. The Morgan fingerprint density at radius 2 is 2.14 bits per heavy atom. The van der Waals surface area contributed by atoms with Crippen LogP contribution in [0.5, 0.6) is 0 Å². The number of hydrogen-bond donors (Lipinski definition) is 0. The number of hydrogen-bond acceptors (Lipinski definition) is 6. The van der Waals surface area contributed by atoms with Crippen molar-refractivity contribution in [3.63, 3.8) is 0 Å². The van der Waals surface area contributed by atoms with Gasteiger partial charge in [-0.1, -0.05) is 11.6 Å². The number of nitrogens with zero attached hydrogens (tertiary/aromatic N) is 6. The largest absolute Gasteiger partial charge is 0.450 e. The summed E-state index contributed by atoms with van der Waals surface area (Å²) in [6.07, 6.45) is 1.17. The molecular formula is C12H15ClN6O2. The lowest BCUT2D eigenvalue weighted by atomic mass is 10.3. The molecule has 0 N–H and O–H groups in total. The van der Waals surface area contributed by atoms with Crippen molar-refractivity contribution in [2.45, 2.75) is 6.92 Å². The van der Waals surface area contributed by atoms with Crippen molar-refractivity contribution in [2.24, 2.45) is 0 Å². The molecule has 3 heterocycles. The average Bonchev–Trinajstić information content (AvgIpc) is 2.95. The van der Waals surface area contributed by atoms with Crippen LogP contribution in [-0.4, -0.2) is 63.4 Å². The highest BCUT2D eigenvalue weighted by Gasteiger charge is 2.24. The van der Waals surface area contributed by atoms with Gasteiger partial charge in [-0.3, -0.25) is 0 Å². The van der Waals surface area contributed by atoms with Crippen molar-refractivity contribution < 1.29 is 9.53 Å². The second-order valence-corrected chi connectivity index (χ2v) is 4.97. The first-order valence-corrected chi connectivity index (χ1v) is 7.09. The third kappa shape index (κ3) is 2.71. The summed E-state index contributed by atoms with van der Waals surface area (Å²) in [6.45, 7) is 4.72. The maximum Gasteiger partial charge on any atom is 0.409 e. The van der Waals surface area contributed by atoms with Crippen molar-refractivity contribution in [1.82, 2.24) is 24.5 Å². The van der Waals surface area contributed by atoms with Gasteiger partial charge in [0.1, 0.15) is 17.3 Å². The molecule has 0 unspecified atom stereocenters. The topological polar surface area (TPSA) is 75.9 Å². The van der Waals surface area contributed by atoms with Crippen LogP contribution in [0.15, 0.2) is 12.4 Å². The van der Waals surface area contributed by atoms with E-state index >= 15 is 0 Å². The summed E-state index contributed by atoms with van der Waals surface area (Å²) in [4.78, 5) is 23.6. The molecule has 0 aliphatic carbocycles. The Morgan fingerprint density at radius 3 is 2.86 bits per heavy atom. The molecule has 0 radical (unpaired) electrons. The van der Waals surface area contributed by atoms with E-state index in [-0.39, 0.29) is 6.09 Å². The van der Waals surface area contributed by atoms with Crippen LogP contribution in [0.3, 0.4) is 0 Å². The van der Waals surface area contributed by atoms with Crippen LogP contribution in [0.1, 0.15) is 6.92 Å². The molecular weight excluding hydrogens is 296 g/mol. The number of halogens is 1. The van der Waals surface area contributed by atoms with Gasteiger partial charge in [-0.05, 0) is 6.92 Å². The summed E-state index contributed by atoms with van der Waals surface area (Å²) in [5, 5.41) is 4.53. The predicted octanol–water partition coefficient (Wildman–Crippen LogP) is 1.06. The summed E-state index contributed by atoms with van der Waals surface area (Å²) >= 11 is 6.02. The maximum absolute atomic E-state index is 11.7. The molecule has 0 aromatic carbocycles. The average molecular weight is 311 g/mol. The fourth-order valence-corrected chi connectivity index (χ4v) is 2.50. The van der Waals surface area contributed by atoms with Gasteiger partial charge in [-0.15, -0.1) is 0 Å². The number of anilines is 1. The van der Waals surface area contributed by atoms with E-state index in [0.717, 1.165) is 5.82 Å². The fourth-order valence-electron chi connectivity index (χ4n) is 2.33. The smallest absolute Gasteiger partial charge is 0.409 e. The molecule has 8 nitrogen and oxygen atoms in total. The van der Waals surface area contributed by atoms with Crippen molar-refractivity contribution in [3.05, 3.63) is 17.5 Å². The lowest BCUT2D eigenvalue weighted by molar-refractivity contribution is 0.105. The van der Waals surface area contributed by atoms with E-state index in [2.05, 4.69) is 20.0 Å². The highest BCUT2D eigenvalue weighted by atomic mass is 35.5. The van der Waals surface area contributed by atoms with Gasteiger partial charge < -0.3 is 14.5 Å². The van der Waals surface area contributed by atoms with Crippen LogP contribution in [0.2, 0.25) is 5.15 Å². The van der Waals surface area contributed by atoms with E-state index in [0.29, 0.717) is 43.7 Å². The van der Waals surface area contributed by atoms with E-state index in [1.807, 2.05) is 0 Å². The van der Waals surface area contributed by atoms with Gasteiger partial charge in [-0.25, -0.2) is 4.79 Å². The molecule has 0 spiro atoms. The van der Waals surface area contributed by atoms with Gasteiger partial charge in [0.15, 0.2) is 0 Å². The molecule has 1 saturated heterocycles. The lowest BCUT2D eigenvalue weighted by Crippen LogP contribution is -2.49. The summed E-state index contributed by atoms with van der Waals surface area (Å²) in [5.41, 5.74) is 0. The number of carbonyl (C=O) groups is 1. The van der Waals surface area contributed by atoms with Crippen LogP contribution in [0.4, 0.5) is 10.6 Å². The van der Waals surface area contributed by atoms with Gasteiger partial charge >= 0.3 is 6.09 Å². The van der Waals surface area contributed by atoms with Crippen molar-refractivity contribution in [1.29, 1.82) is 0 Å². The lowest BCUT2D eigenvalue weighted by Gasteiger charge is -2.35. The minimum Gasteiger partial charge on any atom is -0.450 e. The number of fused-ring (bicyclic) bond motifs is 1. The van der Waals surface area contributed by atoms with Gasteiger partial charge in [0.05, 0.1) is 6.61 Å². The molecule has 1 fully saturated rings. The standard InChI is InChI=1S/C12H15ClN6O2/c1-2-21-12(20)18-5-3-17(4-6-18)10-7-9(13)16-11-14-8-15-19(10)11/h7-8H,2-6H2,1H3. The van der Waals surface area contributed by atoms with Crippen LogP contribution < -0.4 is 4.90 Å². The van der Waals surface area contributed by atoms with Crippen LogP contribution in [-0.2, 0) is 4.74 Å². The van der Waals surface area contributed by atoms with Gasteiger partial charge in [-0.2, -0.15) is 19.6 Å². The molecule has 1 amide bonds. The van der Waals surface area contributed by atoms with Crippen molar-refractivity contribution in [2.75, 3.05) is 37.7 Å². The van der Waals surface area contributed by atoms with E-state index in [4.69, 9.17) is 16.3 Å². The summed E-state index contributed by atoms with van der Waals surface area (Å²) < 4.78 is 6.65. The van der Waals surface area contributed by atoms with Crippen LogP contribution in [0, 0.1) is 0 Å². The molecule has 3 rings (SSSR count). The molecule has 21 heavy (non-hydrogen) atoms. The fraction of sp³-hybridized carbons (Fsp3) is 0.500. The van der Waals surface area contributed by atoms with Crippen LogP contribution >= 0.6 is 11.6 Å². The Labute approximate surface area is 126 Å². The molecule has 2 aromatic rings. The monoisotopic (exact) mass is 310 g/mol. The summed E-state index contributed by atoms with van der Waals surface area (Å²) in [5.74, 6) is 1.29. The van der Waals surface area contributed by atoms with Crippen LogP contribution in [0.25, 0.3) is 5.78 Å². The number of amides is 1. The quantitative estimate of drug-likeness (QED) is 0.772. The highest BCUT2D eigenvalue weighted by Crippen LogP contribution is 2.20. The maximum atomic E-state index is 11.7.